The molecular weight excluding hydrogens is 416 g/mol. The van der Waals surface area contributed by atoms with Crippen LogP contribution in [0.5, 0.6) is 17.2 Å². The summed E-state index contributed by atoms with van der Waals surface area (Å²) in [4.78, 5) is 12.6. The number of rotatable bonds is 7. The van der Waals surface area contributed by atoms with E-state index in [-0.39, 0.29) is 18.0 Å². The molecule has 0 saturated carbocycles. The third-order valence-electron chi connectivity index (χ3n) is 4.90. The molecule has 0 unspecified atom stereocenters. The van der Waals surface area contributed by atoms with Gasteiger partial charge in [0, 0.05) is 18.8 Å². The highest BCUT2D eigenvalue weighted by molar-refractivity contribution is 8.00. The number of aryl methyl sites for hydroxylation is 2. The Balaban J connectivity index is 1.35. The van der Waals surface area contributed by atoms with Gasteiger partial charge in [-0.2, -0.15) is 0 Å². The number of nitrogens with one attached hydrogen (secondary N) is 1. The molecule has 1 aliphatic rings. The Morgan fingerprint density at radius 1 is 1.19 bits per heavy atom. The lowest BCUT2D eigenvalue weighted by Gasteiger charge is -2.12. The molecular formula is C22H24N4O4S. The van der Waals surface area contributed by atoms with E-state index in [0.29, 0.717) is 34.8 Å². The lowest BCUT2D eigenvalue weighted by atomic mass is 10.1. The highest BCUT2D eigenvalue weighted by Gasteiger charge is 2.20. The number of carbonyl (C=O) groups excluding carboxylic acids is 1. The average Bonchev–Trinajstić information content (AvgIpc) is 3.34. The van der Waals surface area contributed by atoms with Gasteiger partial charge in [-0.25, -0.2) is 0 Å². The smallest absolute Gasteiger partial charge is 0.237 e. The van der Waals surface area contributed by atoms with Gasteiger partial charge >= 0.3 is 0 Å². The number of amides is 1. The second-order valence-corrected chi connectivity index (χ2v) is 8.64. The number of hydrogen-bond acceptors (Lipinski definition) is 7. The molecule has 162 valence electrons. The minimum Gasteiger partial charge on any atom is -0.485 e. The van der Waals surface area contributed by atoms with Crippen LogP contribution in [0, 0.1) is 13.8 Å². The van der Waals surface area contributed by atoms with Crippen molar-refractivity contribution < 1.29 is 19.0 Å². The fourth-order valence-corrected chi connectivity index (χ4v) is 3.94. The zero-order valence-corrected chi connectivity index (χ0v) is 18.7. The van der Waals surface area contributed by atoms with Gasteiger partial charge in [0.2, 0.25) is 12.7 Å². The maximum Gasteiger partial charge on any atom is 0.237 e. The van der Waals surface area contributed by atoms with Gasteiger partial charge < -0.3 is 24.1 Å². The number of fused-ring (bicyclic) bond motifs is 1. The van der Waals surface area contributed by atoms with Crippen LogP contribution in [-0.4, -0.2) is 32.7 Å². The van der Waals surface area contributed by atoms with Crippen molar-refractivity contribution in [1.29, 1.82) is 0 Å². The Morgan fingerprint density at radius 3 is 2.81 bits per heavy atom. The normalized spacial score (nSPS) is 13.2. The molecule has 0 spiro atoms. The van der Waals surface area contributed by atoms with E-state index in [1.54, 1.807) is 18.2 Å². The zero-order chi connectivity index (χ0) is 22.0. The van der Waals surface area contributed by atoms with Gasteiger partial charge in [-0.15, -0.1) is 10.2 Å². The van der Waals surface area contributed by atoms with Crippen molar-refractivity contribution >= 4 is 23.4 Å². The van der Waals surface area contributed by atoms with Crippen molar-refractivity contribution in [2.45, 2.75) is 37.8 Å². The second-order valence-electron chi connectivity index (χ2n) is 7.33. The Kier molecular flexibility index (Phi) is 6.03. The number of benzene rings is 2. The van der Waals surface area contributed by atoms with Gasteiger partial charge in [-0.1, -0.05) is 29.5 Å². The number of anilines is 1. The van der Waals surface area contributed by atoms with E-state index >= 15 is 0 Å². The van der Waals surface area contributed by atoms with Crippen LogP contribution < -0.4 is 19.5 Å². The molecule has 0 aliphatic carbocycles. The maximum absolute atomic E-state index is 12.6. The number of thioether (sulfide) groups is 1. The minimum atomic E-state index is -0.374. The summed E-state index contributed by atoms with van der Waals surface area (Å²) in [6.07, 6.45) is 0. The van der Waals surface area contributed by atoms with Crippen LogP contribution in [0.15, 0.2) is 41.6 Å². The average molecular weight is 441 g/mol. The molecule has 8 nitrogen and oxygen atoms in total. The predicted molar refractivity (Wildman–Crippen MR) is 118 cm³/mol. The molecule has 0 radical (unpaired) electrons. The van der Waals surface area contributed by atoms with Gasteiger partial charge in [0.05, 0.1) is 5.25 Å². The zero-order valence-electron chi connectivity index (χ0n) is 17.8. The summed E-state index contributed by atoms with van der Waals surface area (Å²) in [7, 11) is 1.87. The molecule has 4 rings (SSSR count). The molecule has 1 atom stereocenters. The Morgan fingerprint density at radius 2 is 2.00 bits per heavy atom. The first-order valence-electron chi connectivity index (χ1n) is 9.86. The van der Waals surface area contributed by atoms with Gasteiger partial charge in [0.1, 0.15) is 12.4 Å². The molecule has 9 heteroatoms. The largest absolute Gasteiger partial charge is 0.485 e. The van der Waals surface area contributed by atoms with Crippen molar-refractivity contribution in [3.8, 4) is 17.2 Å². The summed E-state index contributed by atoms with van der Waals surface area (Å²) < 4.78 is 18.4. The van der Waals surface area contributed by atoms with Crippen molar-refractivity contribution in [3.05, 3.63) is 53.3 Å². The molecule has 1 aromatic heterocycles. The second kappa shape index (κ2) is 8.89. The summed E-state index contributed by atoms with van der Waals surface area (Å²) in [5, 5.41) is 11.6. The number of hydrogen-bond donors (Lipinski definition) is 1. The van der Waals surface area contributed by atoms with Gasteiger partial charge in [0.15, 0.2) is 22.5 Å². The lowest BCUT2D eigenvalue weighted by Crippen LogP contribution is -2.22. The van der Waals surface area contributed by atoms with Crippen LogP contribution in [0.3, 0.4) is 0 Å². The van der Waals surface area contributed by atoms with Crippen LogP contribution in [0.4, 0.5) is 5.69 Å². The molecule has 2 heterocycles. The first-order chi connectivity index (χ1) is 14.9. The van der Waals surface area contributed by atoms with E-state index in [0.717, 1.165) is 11.3 Å². The van der Waals surface area contributed by atoms with Crippen LogP contribution in [0.2, 0.25) is 0 Å². The van der Waals surface area contributed by atoms with Crippen molar-refractivity contribution in [2.24, 2.45) is 7.05 Å². The van der Waals surface area contributed by atoms with Gasteiger partial charge in [-0.05, 0) is 44.5 Å². The highest BCUT2D eigenvalue weighted by Crippen LogP contribution is 2.34. The number of ether oxygens (including phenoxy) is 3. The molecule has 1 aliphatic heterocycles. The summed E-state index contributed by atoms with van der Waals surface area (Å²) >= 11 is 1.34. The van der Waals surface area contributed by atoms with Crippen molar-refractivity contribution in [3.63, 3.8) is 0 Å². The third kappa shape index (κ3) is 4.77. The van der Waals surface area contributed by atoms with E-state index in [2.05, 4.69) is 21.6 Å². The molecule has 31 heavy (non-hydrogen) atoms. The van der Waals surface area contributed by atoms with Crippen LogP contribution >= 0.6 is 11.8 Å². The molecule has 2 aromatic carbocycles. The number of aromatic nitrogens is 3. The molecule has 0 saturated heterocycles. The predicted octanol–water partition coefficient (Wildman–Crippen LogP) is 3.86. The first-order valence-corrected chi connectivity index (χ1v) is 10.7. The molecule has 3 aromatic rings. The van der Waals surface area contributed by atoms with Gasteiger partial charge in [-0.3, -0.25) is 4.79 Å². The standard InChI is InChI=1S/C22H24N4O4S/c1-13-5-7-17(14(2)9-13)28-11-20-24-25-22(26(20)4)31-15(3)21(27)23-16-6-8-18-19(10-16)30-12-29-18/h5-10,15H,11-12H2,1-4H3,(H,23,27)/t15-/m0/s1. The Hall–Kier alpha value is -3.20. The topological polar surface area (TPSA) is 87.5 Å². The van der Waals surface area contributed by atoms with Crippen LogP contribution in [-0.2, 0) is 18.4 Å². The number of carbonyl (C=O) groups is 1. The highest BCUT2D eigenvalue weighted by atomic mass is 32.2. The van der Waals surface area contributed by atoms with Crippen molar-refractivity contribution in [1.82, 2.24) is 14.8 Å². The monoisotopic (exact) mass is 440 g/mol. The van der Waals surface area contributed by atoms with Crippen LogP contribution in [0.1, 0.15) is 23.9 Å². The first kappa shape index (κ1) is 21.0. The molecule has 0 fully saturated rings. The third-order valence-corrected chi connectivity index (χ3v) is 6.04. The fraction of sp³-hybridized carbons (Fsp3) is 0.318. The minimum absolute atomic E-state index is 0.139. The quantitative estimate of drug-likeness (QED) is 0.558. The van der Waals surface area contributed by atoms with Crippen molar-refractivity contribution in [2.75, 3.05) is 12.1 Å². The molecule has 1 N–H and O–H groups in total. The fourth-order valence-electron chi connectivity index (χ4n) is 3.11. The number of nitrogens with zero attached hydrogens (tertiary/aromatic N) is 3. The summed E-state index contributed by atoms with van der Waals surface area (Å²) in [6, 6.07) is 11.4. The van der Waals surface area contributed by atoms with E-state index in [9.17, 15) is 4.79 Å². The summed E-state index contributed by atoms with van der Waals surface area (Å²) in [5.41, 5.74) is 2.92. The van der Waals surface area contributed by atoms with Gasteiger partial charge in [0.25, 0.3) is 0 Å². The van der Waals surface area contributed by atoms with E-state index in [1.165, 1.54) is 17.3 Å². The lowest BCUT2D eigenvalue weighted by molar-refractivity contribution is -0.115. The molecule has 1 amide bonds. The van der Waals surface area contributed by atoms with E-state index < -0.39 is 0 Å². The van der Waals surface area contributed by atoms with Crippen LogP contribution in [0.25, 0.3) is 0 Å². The van der Waals surface area contributed by atoms with E-state index in [1.807, 2.05) is 44.5 Å². The summed E-state index contributed by atoms with van der Waals surface area (Å²) in [6.45, 7) is 6.38. The summed E-state index contributed by atoms with van der Waals surface area (Å²) in [5.74, 6) is 2.67. The van der Waals surface area contributed by atoms with E-state index in [4.69, 9.17) is 14.2 Å². The SMILES string of the molecule is Cc1ccc(OCc2nnc(S[C@@H](C)C(=O)Nc3ccc4c(c3)OCO4)n2C)c(C)c1. The maximum atomic E-state index is 12.6. The Bertz CT molecular complexity index is 1110. The molecule has 0 bridgehead atoms. The Labute approximate surface area is 184 Å².